The van der Waals surface area contributed by atoms with Crippen LogP contribution < -0.4 is 15.8 Å². The van der Waals surface area contributed by atoms with Crippen molar-refractivity contribution in [1.82, 2.24) is 10.0 Å². The van der Waals surface area contributed by atoms with Gasteiger partial charge < -0.3 is 11.1 Å². The fourth-order valence-corrected chi connectivity index (χ4v) is 4.85. The molecule has 1 heterocycles. The Hall–Kier alpha value is -0.960. The minimum Gasteiger partial charge on any atom is -0.356 e. The van der Waals surface area contributed by atoms with Crippen molar-refractivity contribution in [3.63, 3.8) is 0 Å². The first kappa shape index (κ1) is 19.4. The lowest BCUT2D eigenvalue weighted by atomic mass is 10.1. The maximum Gasteiger partial charge on any atom is 0.250 e. The predicted octanol–water partition coefficient (Wildman–Crippen LogP) is 1.47. The molecule has 6 nitrogen and oxygen atoms in total. The standard InChI is InChI=1S/C16H27N3O3S2/c1-11(2)9-15(20)18-8-7-13-5-6-16(23-13)24(21,22)19-10-14(17)12-3-4-12/h5-6,11-12,14,19H,3-4,7-10,17H2,1-2H3,(H,18,20). The van der Waals surface area contributed by atoms with Crippen LogP contribution in [0.3, 0.4) is 0 Å². The molecule has 0 bridgehead atoms. The number of carbonyl (C=O) groups is 1. The Morgan fingerprint density at radius 2 is 2.08 bits per heavy atom. The largest absolute Gasteiger partial charge is 0.356 e. The molecule has 1 aliphatic rings. The van der Waals surface area contributed by atoms with Crippen LogP contribution in [0.5, 0.6) is 0 Å². The third-order valence-corrected chi connectivity index (χ3v) is 6.99. The lowest BCUT2D eigenvalue weighted by Crippen LogP contribution is -2.38. The summed E-state index contributed by atoms with van der Waals surface area (Å²) in [6.07, 6.45) is 3.32. The van der Waals surface area contributed by atoms with Crippen molar-refractivity contribution in [2.75, 3.05) is 13.1 Å². The lowest BCUT2D eigenvalue weighted by Gasteiger charge is -2.11. The molecule has 1 aromatic rings. The van der Waals surface area contributed by atoms with Gasteiger partial charge in [0.1, 0.15) is 4.21 Å². The van der Waals surface area contributed by atoms with Gasteiger partial charge in [-0.1, -0.05) is 13.8 Å². The summed E-state index contributed by atoms with van der Waals surface area (Å²) in [5.41, 5.74) is 5.93. The van der Waals surface area contributed by atoms with E-state index >= 15 is 0 Å². The molecule has 2 rings (SSSR count). The van der Waals surface area contributed by atoms with Gasteiger partial charge in [0.2, 0.25) is 15.9 Å². The minimum atomic E-state index is -3.50. The van der Waals surface area contributed by atoms with Crippen LogP contribution in [0, 0.1) is 11.8 Å². The second kappa shape index (κ2) is 8.42. The molecule has 8 heteroatoms. The summed E-state index contributed by atoms with van der Waals surface area (Å²) in [7, 11) is -3.50. The van der Waals surface area contributed by atoms with Gasteiger partial charge in [-0.25, -0.2) is 13.1 Å². The van der Waals surface area contributed by atoms with E-state index in [9.17, 15) is 13.2 Å². The molecular weight excluding hydrogens is 346 g/mol. The van der Waals surface area contributed by atoms with Crippen molar-refractivity contribution in [2.24, 2.45) is 17.6 Å². The Morgan fingerprint density at radius 1 is 1.38 bits per heavy atom. The van der Waals surface area contributed by atoms with Crippen LogP contribution in [0.15, 0.2) is 16.3 Å². The van der Waals surface area contributed by atoms with Crippen molar-refractivity contribution in [3.8, 4) is 0 Å². The number of rotatable bonds is 10. The maximum atomic E-state index is 12.3. The zero-order chi connectivity index (χ0) is 17.7. The summed E-state index contributed by atoms with van der Waals surface area (Å²) in [5, 5.41) is 2.86. The third kappa shape index (κ3) is 6.16. The van der Waals surface area contributed by atoms with Crippen LogP contribution in [0.1, 0.15) is 38.0 Å². The van der Waals surface area contributed by atoms with Crippen molar-refractivity contribution in [1.29, 1.82) is 0 Å². The fraction of sp³-hybridized carbons (Fsp3) is 0.688. The van der Waals surface area contributed by atoms with Crippen molar-refractivity contribution in [2.45, 2.75) is 49.8 Å². The van der Waals surface area contributed by atoms with E-state index < -0.39 is 10.0 Å². The molecular formula is C16H27N3O3S2. The molecule has 1 unspecified atom stereocenters. The zero-order valence-electron chi connectivity index (χ0n) is 14.2. The second-order valence-corrected chi connectivity index (χ2v) is 9.93. The molecule has 0 saturated heterocycles. The molecule has 1 saturated carbocycles. The Labute approximate surface area is 148 Å². The van der Waals surface area contributed by atoms with E-state index in [1.807, 2.05) is 13.8 Å². The van der Waals surface area contributed by atoms with Gasteiger partial charge in [0, 0.05) is 30.4 Å². The van der Waals surface area contributed by atoms with E-state index in [4.69, 9.17) is 5.73 Å². The maximum absolute atomic E-state index is 12.3. The smallest absolute Gasteiger partial charge is 0.250 e. The minimum absolute atomic E-state index is 0.0325. The number of nitrogens with one attached hydrogen (secondary N) is 2. The van der Waals surface area contributed by atoms with Crippen LogP contribution in [-0.4, -0.2) is 33.5 Å². The van der Waals surface area contributed by atoms with E-state index in [-0.39, 0.29) is 18.5 Å². The zero-order valence-corrected chi connectivity index (χ0v) is 15.9. The molecule has 4 N–H and O–H groups in total. The number of nitrogens with two attached hydrogens (primary N) is 1. The van der Waals surface area contributed by atoms with Crippen LogP contribution in [0.4, 0.5) is 0 Å². The normalized spacial score (nSPS) is 16.3. The molecule has 0 aliphatic heterocycles. The molecule has 1 aromatic heterocycles. The van der Waals surface area contributed by atoms with Crippen molar-refractivity contribution in [3.05, 3.63) is 17.0 Å². The summed E-state index contributed by atoms with van der Waals surface area (Å²) in [4.78, 5) is 12.5. The fourth-order valence-electron chi connectivity index (χ4n) is 2.37. The van der Waals surface area contributed by atoms with Gasteiger partial charge in [-0.15, -0.1) is 11.3 Å². The highest BCUT2D eigenvalue weighted by Gasteiger charge is 2.29. The van der Waals surface area contributed by atoms with E-state index in [0.717, 1.165) is 17.7 Å². The Kier molecular flexibility index (Phi) is 6.79. The van der Waals surface area contributed by atoms with Crippen molar-refractivity contribution >= 4 is 27.3 Å². The highest BCUT2D eigenvalue weighted by molar-refractivity contribution is 7.91. The number of amides is 1. The van der Waals surface area contributed by atoms with Gasteiger partial charge in [-0.05, 0) is 43.2 Å². The number of carbonyl (C=O) groups excluding carboxylic acids is 1. The highest BCUT2D eigenvalue weighted by atomic mass is 32.2. The molecule has 0 aromatic carbocycles. The highest BCUT2D eigenvalue weighted by Crippen LogP contribution is 2.31. The quantitative estimate of drug-likeness (QED) is 0.578. The molecule has 24 heavy (non-hydrogen) atoms. The Morgan fingerprint density at radius 3 is 2.71 bits per heavy atom. The van der Waals surface area contributed by atoms with Crippen molar-refractivity contribution < 1.29 is 13.2 Å². The lowest BCUT2D eigenvalue weighted by molar-refractivity contribution is -0.121. The topological polar surface area (TPSA) is 101 Å². The number of thiophene rings is 1. The third-order valence-electron chi connectivity index (χ3n) is 3.93. The van der Waals surface area contributed by atoms with E-state index in [2.05, 4.69) is 10.0 Å². The van der Waals surface area contributed by atoms with Gasteiger partial charge in [-0.2, -0.15) is 0 Å². The number of hydrogen-bond donors (Lipinski definition) is 3. The Balaban J connectivity index is 1.79. The molecule has 1 amide bonds. The first-order chi connectivity index (χ1) is 11.3. The van der Waals surface area contributed by atoms with E-state index in [1.165, 1.54) is 11.3 Å². The molecule has 1 fully saturated rings. The predicted molar refractivity (Wildman–Crippen MR) is 96.4 cm³/mol. The number of sulfonamides is 1. The van der Waals surface area contributed by atoms with Crippen LogP contribution in [0.25, 0.3) is 0 Å². The summed E-state index contributed by atoms with van der Waals surface area (Å²) in [6, 6.07) is 3.31. The van der Waals surface area contributed by atoms with Crippen LogP contribution in [0.2, 0.25) is 0 Å². The average Bonchev–Trinajstić information content (AvgIpc) is 3.23. The first-order valence-corrected chi connectivity index (χ1v) is 10.7. The van der Waals surface area contributed by atoms with Gasteiger partial charge in [0.15, 0.2) is 0 Å². The van der Waals surface area contributed by atoms with Gasteiger partial charge >= 0.3 is 0 Å². The van der Waals surface area contributed by atoms with Gasteiger partial charge in [-0.3, -0.25) is 4.79 Å². The first-order valence-electron chi connectivity index (χ1n) is 8.38. The molecule has 0 radical (unpaired) electrons. The van der Waals surface area contributed by atoms with Crippen LogP contribution >= 0.6 is 11.3 Å². The molecule has 0 spiro atoms. The van der Waals surface area contributed by atoms with Crippen LogP contribution in [-0.2, 0) is 21.2 Å². The summed E-state index contributed by atoms with van der Waals surface area (Å²) < 4.78 is 27.4. The summed E-state index contributed by atoms with van der Waals surface area (Å²) in [5.74, 6) is 0.822. The molecule has 136 valence electrons. The second-order valence-electron chi connectivity index (χ2n) is 6.77. The monoisotopic (exact) mass is 373 g/mol. The average molecular weight is 374 g/mol. The molecule has 1 aliphatic carbocycles. The van der Waals surface area contributed by atoms with Gasteiger partial charge in [0.05, 0.1) is 0 Å². The van der Waals surface area contributed by atoms with E-state index in [0.29, 0.717) is 35.4 Å². The number of hydrogen-bond acceptors (Lipinski definition) is 5. The molecule has 1 atom stereocenters. The van der Waals surface area contributed by atoms with E-state index in [1.54, 1.807) is 12.1 Å². The SMILES string of the molecule is CC(C)CC(=O)NCCc1ccc(S(=O)(=O)NCC(N)C2CC2)s1. The summed E-state index contributed by atoms with van der Waals surface area (Å²) >= 11 is 1.24. The Bertz CT molecular complexity index is 651. The summed E-state index contributed by atoms with van der Waals surface area (Å²) in [6.45, 7) is 4.80. The van der Waals surface area contributed by atoms with Gasteiger partial charge in [0.25, 0.3) is 0 Å².